The monoisotopic (exact) mass is 239 g/mol. The Morgan fingerprint density at radius 1 is 1.18 bits per heavy atom. The quantitative estimate of drug-likeness (QED) is 0.812. The maximum Gasteiger partial charge on any atom is 0.0652 e. The van der Waals surface area contributed by atoms with Crippen molar-refractivity contribution in [2.45, 2.75) is 77.5 Å². The summed E-state index contributed by atoms with van der Waals surface area (Å²) in [6.45, 7) is 7.04. The lowest BCUT2D eigenvalue weighted by molar-refractivity contribution is -0.102. The van der Waals surface area contributed by atoms with E-state index in [0.29, 0.717) is 23.6 Å². The summed E-state index contributed by atoms with van der Waals surface area (Å²) in [5, 5.41) is 3.86. The molecule has 2 saturated carbocycles. The fraction of sp³-hybridized carbons (Fsp3) is 1.00. The van der Waals surface area contributed by atoms with E-state index in [1.807, 2.05) is 7.11 Å². The van der Waals surface area contributed by atoms with Gasteiger partial charge in [0.1, 0.15) is 0 Å². The third-order valence-corrected chi connectivity index (χ3v) is 5.28. The minimum atomic E-state index is 0.303. The number of methoxy groups -OCH3 is 1. The van der Waals surface area contributed by atoms with Crippen molar-refractivity contribution in [3.8, 4) is 0 Å². The van der Waals surface area contributed by atoms with E-state index in [-0.39, 0.29) is 0 Å². The van der Waals surface area contributed by atoms with Crippen LogP contribution in [0.4, 0.5) is 0 Å². The molecule has 0 saturated heterocycles. The highest BCUT2D eigenvalue weighted by Gasteiger charge is 2.48. The number of nitrogens with one attached hydrogen (secondary N) is 1. The third kappa shape index (κ3) is 2.68. The minimum Gasteiger partial charge on any atom is -0.381 e. The van der Waals surface area contributed by atoms with Crippen molar-refractivity contribution in [2.24, 2.45) is 11.3 Å². The largest absolute Gasteiger partial charge is 0.381 e. The molecule has 0 aliphatic heterocycles. The third-order valence-electron chi connectivity index (χ3n) is 5.28. The Bertz CT molecular complexity index is 245. The first-order valence-electron chi connectivity index (χ1n) is 7.34. The molecule has 0 radical (unpaired) electrons. The van der Waals surface area contributed by atoms with Crippen LogP contribution in [0.25, 0.3) is 0 Å². The number of hydrogen-bond acceptors (Lipinski definition) is 2. The molecule has 0 heterocycles. The van der Waals surface area contributed by atoms with Gasteiger partial charge in [0.2, 0.25) is 0 Å². The van der Waals surface area contributed by atoms with Crippen LogP contribution < -0.4 is 5.32 Å². The van der Waals surface area contributed by atoms with E-state index in [1.54, 1.807) is 0 Å². The van der Waals surface area contributed by atoms with Gasteiger partial charge in [-0.15, -0.1) is 0 Å². The van der Waals surface area contributed by atoms with Crippen molar-refractivity contribution in [2.75, 3.05) is 7.11 Å². The molecule has 100 valence electrons. The summed E-state index contributed by atoms with van der Waals surface area (Å²) in [6, 6.07) is 1.32. The molecular formula is C15H29NO. The zero-order valence-electron chi connectivity index (χ0n) is 12.0. The molecule has 0 aromatic rings. The molecule has 2 nitrogen and oxygen atoms in total. The van der Waals surface area contributed by atoms with Crippen molar-refractivity contribution in [1.82, 2.24) is 5.32 Å². The molecule has 2 fully saturated rings. The minimum absolute atomic E-state index is 0.303. The van der Waals surface area contributed by atoms with Gasteiger partial charge in [-0.25, -0.2) is 0 Å². The van der Waals surface area contributed by atoms with E-state index in [9.17, 15) is 0 Å². The fourth-order valence-corrected chi connectivity index (χ4v) is 3.66. The lowest BCUT2D eigenvalue weighted by atomic mass is 9.64. The van der Waals surface area contributed by atoms with Crippen LogP contribution in [0.1, 0.15) is 59.3 Å². The Morgan fingerprint density at radius 2 is 1.82 bits per heavy atom. The topological polar surface area (TPSA) is 21.3 Å². The maximum absolute atomic E-state index is 5.52. The highest BCUT2D eigenvalue weighted by atomic mass is 16.5. The molecule has 0 aromatic carbocycles. The predicted molar refractivity (Wildman–Crippen MR) is 72.2 cm³/mol. The Morgan fingerprint density at radius 3 is 2.35 bits per heavy atom. The SMILES string of the molecule is COC1CC(NC(C)C2CCCCC2)C1(C)C. The Labute approximate surface area is 107 Å². The molecule has 2 rings (SSSR count). The molecule has 3 atom stereocenters. The maximum atomic E-state index is 5.52. The van der Waals surface area contributed by atoms with E-state index in [2.05, 4.69) is 26.1 Å². The summed E-state index contributed by atoms with van der Waals surface area (Å²) in [4.78, 5) is 0. The first kappa shape index (κ1) is 13.4. The highest BCUT2D eigenvalue weighted by Crippen LogP contribution is 2.43. The average Bonchev–Trinajstić information content (AvgIpc) is 2.34. The average molecular weight is 239 g/mol. The van der Waals surface area contributed by atoms with E-state index in [4.69, 9.17) is 4.74 Å². The second-order valence-electron chi connectivity index (χ2n) is 6.69. The van der Waals surface area contributed by atoms with Gasteiger partial charge in [0.05, 0.1) is 6.10 Å². The van der Waals surface area contributed by atoms with E-state index >= 15 is 0 Å². The van der Waals surface area contributed by atoms with Gasteiger partial charge in [-0.1, -0.05) is 33.1 Å². The van der Waals surface area contributed by atoms with Gasteiger partial charge in [-0.3, -0.25) is 0 Å². The summed E-state index contributed by atoms with van der Waals surface area (Å²) >= 11 is 0. The smallest absolute Gasteiger partial charge is 0.0652 e. The Balaban J connectivity index is 1.81. The first-order chi connectivity index (χ1) is 8.05. The molecule has 0 aromatic heterocycles. The molecule has 0 spiro atoms. The second-order valence-corrected chi connectivity index (χ2v) is 6.69. The summed E-state index contributed by atoms with van der Waals surface area (Å²) < 4.78 is 5.52. The van der Waals surface area contributed by atoms with Crippen molar-refractivity contribution in [1.29, 1.82) is 0 Å². The number of rotatable bonds is 4. The standard InChI is InChI=1S/C15H29NO/c1-11(12-8-6-5-7-9-12)16-13-10-14(17-4)15(13,2)3/h11-14,16H,5-10H2,1-4H3. The fourth-order valence-electron chi connectivity index (χ4n) is 3.66. The van der Waals surface area contributed by atoms with Gasteiger partial charge in [0, 0.05) is 24.6 Å². The van der Waals surface area contributed by atoms with Crippen LogP contribution in [0.2, 0.25) is 0 Å². The van der Waals surface area contributed by atoms with Crippen molar-refractivity contribution < 1.29 is 4.74 Å². The van der Waals surface area contributed by atoms with Crippen LogP contribution >= 0.6 is 0 Å². The highest BCUT2D eigenvalue weighted by molar-refractivity contribution is 5.03. The predicted octanol–water partition coefficient (Wildman–Crippen LogP) is 3.36. The normalized spacial score (nSPS) is 35.3. The van der Waals surface area contributed by atoms with Gasteiger partial charge < -0.3 is 10.1 Å². The van der Waals surface area contributed by atoms with Crippen molar-refractivity contribution in [3.05, 3.63) is 0 Å². The summed E-state index contributed by atoms with van der Waals surface area (Å²) in [5.74, 6) is 0.904. The van der Waals surface area contributed by atoms with Gasteiger partial charge in [-0.2, -0.15) is 0 Å². The molecule has 2 aliphatic rings. The van der Waals surface area contributed by atoms with Crippen molar-refractivity contribution >= 4 is 0 Å². The second kappa shape index (κ2) is 5.27. The Hall–Kier alpha value is -0.0800. The van der Waals surface area contributed by atoms with E-state index in [0.717, 1.165) is 5.92 Å². The van der Waals surface area contributed by atoms with E-state index < -0.39 is 0 Å². The lowest BCUT2D eigenvalue weighted by Crippen LogP contribution is -2.63. The molecular weight excluding hydrogens is 210 g/mol. The molecule has 2 aliphatic carbocycles. The van der Waals surface area contributed by atoms with Crippen LogP contribution in [0, 0.1) is 11.3 Å². The zero-order valence-corrected chi connectivity index (χ0v) is 12.0. The first-order valence-corrected chi connectivity index (χ1v) is 7.34. The lowest BCUT2D eigenvalue weighted by Gasteiger charge is -2.53. The number of hydrogen-bond donors (Lipinski definition) is 1. The zero-order chi connectivity index (χ0) is 12.5. The summed E-state index contributed by atoms with van der Waals surface area (Å²) in [5.41, 5.74) is 0.303. The van der Waals surface area contributed by atoms with Crippen LogP contribution in [-0.2, 0) is 4.74 Å². The van der Waals surface area contributed by atoms with Crippen LogP contribution in [0.5, 0.6) is 0 Å². The summed E-state index contributed by atoms with van der Waals surface area (Å²) in [7, 11) is 1.84. The van der Waals surface area contributed by atoms with Crippen LogP contribution in [0.3, 0.4) is 0 Å². The molecule has 17 heavy (non-hydrogen) atoms. The van der Waals surface area contributed by atoms with Gasteiger partial charge in [0.15, 0.2) is 0 Å². The van der Waals surface area contributed by atoms with Crippen molar-refractivity contribution in [3.63, 3.8) is 0 Å². The number of ether oxygens (including phenoxy) is 1. The molecule has 0 amide bonds. The molecule has 3 unspecified atom stereocenters. The van der Waals surface area contributed by atoms with Crippen LogP contribution in [0.15, 0.2) is 0 Å². The molecule has 0 bridgehead atoms. The van der Waals surface area contributed by atoms with Gasteiger partial charge in [-0.05, 0) is 32.1 Å². The molecule has 2 heteroatoms. The molecule has 1 N–H and O–H groups in total. The summed E-state index contributed by atoms with van der Waals surface area (Å²) in [6.07, 6.45) is 8.80. The van der Waals surface area contributed by atoms with Gasteiger partial charge in [0.25, 0.3) is 0 Å². The van der Waals surface area contributed by atoms with Gasteiger partial charge >= 0.3 is 0 Å². The Kier molecular flexibility index (Phi) is 4.14. The van der Waals surface area contributed by atoms with Crippen LogP contribution in [-0.4, -0.2) is 25.3 Å². The van der Waals surface area contributed by atoms with E-state index in [1.165, 1.54) is 38.5 Å².